The van der Waals surface area contributed by atoms with Crippen molar-refractivity contribution in [3.05, 3.63) is 23.4 Å². The Bertz CT molecular complexity index is 245. The minimum absolute atomic E-state index is 0.178. The molecule has 0 radical (unpaired) electrons. The van der Waals surface area contributed by atoms with Gasteiger partial charge in [-0.1, -0.05) is 11.6 Å². The third-order valence-electron chi connectivity index (χ3n) is 1.39. The number of dihydropyridines is 1. The number of alkyl halides is 1. The van der Waals surface area contributed by atoms with Crippen LogP contribution in [0.25, 0.3) is 0 Å². The van der Waals surface area contributed by atoms with E-state index in [1.807, 2.05) is 6.92 Å². The largest absolute Gasteiger partial charge is 0.478 e. The number of allylic oxidation sites excluding steroid dienone is 3. The van der Waals surface area contributed by atoms with E-state index in [9.17, 15) is 4.79 Å². The van der Waals surface area contributed by atoms with Gasteiger partial charge in [0.05, 0.1) is 5.57 Å². The third-order valence-corrected chi connectivity index (χ3v) is 1.73. The molecular weight excluding hydrogens is 166 g/mol. The molecule has 0 aromatic carbocycles. The van der Waals surface area contributed by atoms with Crippen molar-refractivity contribution in [2.75, 3.05) is 0 Å². The zero-order valence-corrected chi connectivity index (χ0v) is 6.72. The summed E-state index contributed by atoms with van der Waals surface area (Å²) in [6, 6.07) is 0. The molecule has 1 rings (SSSR count). The molecule has 4 heteroatoms. The van der Waals surface area contributed by atoms with Crippen LogP contribution in [0.1, 0.15) is 6.92 Å². The van der Waals surface area contributed by atoms with Gasteiger partial charge in [0, 0.05) is 5.70 Å². The van der Waals surface area contributed by atoms with Crippen molar-refractivity contribution in [1.82, 2.24) is 5.32 Å². The van der Waals surface area contributed by atoms with E-state index in [2.05, 4.69) is 5.32 Å². The number of halogens is 1. The maximum absolute atomic E-state index is 10.4. The van der Waals surface area contributed by atoms with E-state index in [0.29, 0.717) is 0 Å². The van der Waals surface area contributed by atoms with Crippen LogP contribution < -0.4 is 5.32 Å². The minimum atomic E-state index is -0.985. The van der Waals surface area contributed by atoms with Crippen LogP contribution in [-0.2, 0) is 4.79 Å². The van der Waals surface area contributed by atoms with Gasteiger partial charge in [-0.05, 0) is 19.1 Å². The molecule has 0 spiro atoms. The molecule has 0 aliphatic carbocycles. The summed E-state index contributed by atoms with van der Waals surface area (Å²) < 4.78 is 0. The van der Waals surface area contributed by atoms with Gasteiger partial charge < -0.3 is 10.4 Å². The Balaban J connectivity index is 2.87. The molecule has 0 amide bonds. The molecule has 0 saturated heterocycles. The lowest BCUT2D eigenvalue weighted by molar-refractivity contribution is -0.132. The highest BCUT2D eigenvalue weighted by atomic mass is 35.5. The predicted molar refractivity (Wildman–Crippen MR) is 42.3 cm³/mol. The Labute approximate surface area is 69.4 Å². The van der Waals surface area contributed by atoms with E-state index in [1.165, 1.54) is 6.08 Å². The molecule has 2 N–H and O–H groups in total. The molecule has 1 heterocycles. The highest BCUT2D eigenvalue weighted by Gasteiger charge is 2.19. The first-order valence-corrected chi connectivity index (χ1v) is 3.57. The topological polar surface area (TPSA) is 49.3 Å². The van der Waals surface area contributed by atoms with Crippen molar-refractivity contribution in [2.24, 2.45) is 0 Å². The fraction of sp³-hybridized carbons (Fsp3) is 0.286. The van der Waals surface area contributed by atoms with Crippen LogP contribution in [0.4, 0.5) is 0 Å². The van der Waals surface area contributed by atoms with Gasteiger partial charge >= 0.3 is 5.97 Å². The molecule has 0 saturated carbocycles. The molecule has 3 nitrogen and oxygen atoms in total. The summed E-state index contributed by atoms with van der Waals surface area (Å²) in [6.45, 7) is 1.82. The second-order valence-electron chi connectivity index (χ2n) is 2.28. The zero-order valence-electron chi connectivity index (χ0n) is 5.97. The van der Waals surface area contributed by atoms with Crippen LogP contribution >= 0.6 is 11.6 Å². The van der Waals surface area contributed by atoms with Crippen molar-refractivity contribution >= 4 is 17.6 Å². The number of hydrogen-bond acceptors (Lipinski definition) is 2. The van der Waals surface area contributed by atoms with E-state index in [-0.39, 0.29) is 5.57 Å². The number of rotatable bonds is 1. The summed E-state index contributed by atoms with van der Waals surface area (Å²) in [5.74, 6) is -0.985. The summed E-state index contributed by atoms with van der Waals surface area (Å²) in [5, 5.41) is 11.4. The maximum atomic E-state index is 10.4. The molecule has 1 aliphatic heterocycles. The summed E-state index contributed by atoms with van der Waals surface area (Å²) in [4.78, 5) is 10.4. The first kappa shape index (κ1) is 8.14. The summed E-state index contributed by atoms with van der Waals surface area (Å²) >= 11 is 5.67. The minimum Gasteiger partial charge on any atom is -0.478 e. The summed E-state index contributed by atoms with van der Waals surface area (Å²) in [7, 11) is 0. The van der Waals surface area contributed by atoms with Crippen LogP contribution in [0.3, 0.4) is 0 Å². The number of aliphatic carboxylic acids is 1. The Morgan fingerprint density at radius 2 is 2.36 bits per heavy atom. The summed E-state index contributed by atoms with van der Waals surface area (Å²) in [5.41, 5.74) is 0.435. The van der Waals surface area contributed by atoms with Crippen LogP contribution in [-0.4, -0.2) is 16.6 Å². The van der Waals surface area contributed by atoms with Crippen LogP contribution in [0.2, 0.25) is 0 Å². The molecule has 11 heavy (non-hydrogen) atoms. The normalized spacial score (nSPS) is 23.3. The lowest BCUT2D eigenvalue weighted by Crippen LogP contribution is -2.29. The zero-order chi connectivity index (χ0) is 8.43. The van der Waals surface area contributed by atoms with Crippen molar-refractivity contribution < 1.29 is 9.90 Å². The van der Waals surface area contributed by atoms with Gasteiger partial charge in [-0.25, -0.2) is 4.79 Å². The van der Waals surface area contributed by atoms with Gasteiger partial charge in [0.25, 0.3) is 0 Å². The number of nitrogens with one attached hydrogen (secondary N) is 1. The second-order valence-corrected chi connectivity index (χ2v) is 2.72. The van der Waals surface area contributed by atoms with Gasteiger partial charge in [-0.2, -0.15) is 0 Å². The smallest absolute Gasteiger partial charge is 0.334 e. The molecule has 0 aromatic heterocycles. The van der Waals surface area contributed by atoms with Gasteiger partial charge in [-0.3, -0.25) is 0 Å². The first-order chi connectivity index (χ1) is 5.11. The fourth-order valence-electron chi connectivity index (χ4n) is 0.805. The van der Waals surface area contributed by atoms with Crippen LogP contribution in [0, 0.1) is 0 Å². The van der Waals surface area contributed by atoms with Crippen LogP contribution in [0.15, 0.2) is 23.4 Å². The maximum Gasteiger partial charge on any atom is 0.334 e. The van der Waals surface area contributed by atoms with Crippen molar-refractivity contribution in [3.63, 3.8) is 0 Å². The Kier molecular flexibility index (Phi) is 2.19. The summed E-state index contributed by atoms with van der Waals surface area (Å²) in [6.07, 6.45) is 3.19. The van der Waals surface area contributed by atoms with Gasteiger partial charge in [-0.15, -0.1) is 0 Å². The molecule has 60 valence electrons. The van der Waals surface area contributed by atoms with Crippen LogP contribution in [0.5, 0.6) is 0 Å². The van der Waals surface area contributed by atoms with Gasteiger partial charge in [0.15, 0.2) is 0 Å². The van der Waals surface area contributed by atoms with E-state index in [0.717, 1.165) is 5.70 Å². The number of hydrogen-bond donors (Lipinski definition) is 2. The fourth-order valence-corrected chi connectivity index (χ4v) is 1.14. The van der Waals surface area contributed by atoms with E-state index < -0.39 is 11.5 Å². The average Bonchev–Trinajstić information content (AvgIpc) is 1.85. The number of carbonyl (C=O) groups is 1. The average molecular weight is 174 g/mol. The monoisotopic (exact) mass is 173 g/mol. The Morgan fingerprint density at radius 3 is 2.82 bits per heavy atom. The van der Waals surface area contributed by atoms with Crippen molar-refractivity contribution in [1.29, 1.82) is 0 Å². The first-order valence-electron chi connectivity index (χ1n) is 3.13. The van der Waals surface area contributed by atoms with Gasteiger partial charge in [0.1, 0.15) is 5.50 Å². The molecule has 0 fully saturated rings. The van der Waals surface area contributed by atoms with Gasteiger partial charge in [0.2, 0.25) is 0 Å². The second kappa shape index (κ2) is 2.96. The Hall–Kier alpha value is -0.960. The molecule has 1 aliphatic rings. The Morgan fingerprint density at radius 1 is 1.73 bits per heavy atom. The van der Waals surface area contributed by atoms with Crippen molar-refractivity contribution in [2.45, 2.75) is 12.4 Å². The SMILES string of the molecule is CC1=CC=C(C(=O)O)C(Cl)N1. The number of carboxylic acid groups (broad SMARTS) is 1. The molecular formula is C7H8ClNO2. The van der Waals surface area contributed by atoms with E-state index >= 15 is 0 Å². The molecule has 0 aromatic rings. The molecule has 1 unspecified atom stereocenters. The van der Waals surface area contributed by atoms with Crippen molar-refractivity contribution in [3.8, 4) is 0 Å². The lowest BCUT2D eigenvalue weighted by atomic mass is 10.2. The molecule has 0 bridgehead atoms. The number of carboxylic acids is 1. The van der Waals surface area contributed by atoms with E-state index in [4.69, 9.17) is 16.7 Å². The molecule has 1 atom stereocenters. The lowest BCUT2D eigenvalue weighted by Gasteiger charge is -2.17. The highest BCUT2D eigenvalue weighted by molar-refractivity contribution is 6.25. The van der Waals surface area contributed by atoms with E-state index in [1.54, 1.807) is 6.08 Å². The quantitative estimate of drug-likeness (QED) is 0.461. The third kappa shape index (κ3) is 1.74. The predicted octanol–water partition coefficient (Wildman–Crippen LogP) is 1.07. The highest BCUT2D eigenvalue weighted by Crippen LogP contribution is 2.14. The standard InChI is InChI=1S/C7H8ClNO2/c1-4-2-3-5(7(10)11)6(8)9-4/h2-3,6,9H,1H3,(H,10,11).